The Morgan fingerprint density at radius 2 is 1.92 bits per heavy atom. The van der Waals surface area contributed by atoms with E-state index in [0.717, 1.165) is 31.7 Å². The van der Waals surface area contributed by atoms with Gasteiger partial charge in [0.1, 0.15) is 5.82 Å². The van der Waals surface area contributed by atoms with Gasteiger partial charge in [0.15, 0.2) is 5.13 Å². The highest BCUT2D eigenvalue weighted by atomic mass is 32.1. The van der Waals surface area contributed by atoms with Gasteiger partial charge in [0, 0.05) is 36.5 Å². The fourth-order valence-electron chi connectivity index (χ4n) is 3.05. The Hall–Kier alpha value is -2.57. The van der Waals surface area contributed by atoms with E-state index in [1.165, 1.54) is 46.0 Å². The van der Waals surface area contributed by atoms with E-state index >= 15 is 0 Å². The van der Waals surface area contributed by atoms with Crippen LogP contribution in [0.15, 0.2) is 54.6 Å². The van der Waals surface area contributed by atoms with Crippen LogP contribution in [0.1, 0.15) is 26.5 Å². The summed E-state index contributed by atoms with van der Waals surface area (Å²) in [7, 11) is 0. The number of nitrogens with zero attached hydrogens (tertiary/aromatic N) is 2. The summed E-state index contributed by atoms with van der Waals surface area (Å²) in [6.07, 6.45) is 0.880. The smallest absolute Gasteiger partial charge is 0.257 e. The molecular weight excluding hydrogens is 349 g/mol. The number of amides is 1. The van der Waals surface area contributed by atoms with E-state index in [-0.39, 0.29) is 11.7 Å². The van der Waals surface area contributed by atoms with Crippen molar-refractivity contribution in [2.75, 3.05) is 11.9 Å². The number of carbonyl (C=O) groups excluding carboxylic acids is 1. The molecule has 0 spiro atoms. The zero-order valence-corrected chi connectivity index (χ0v) is 14.9. The molecule has 0 bridgehead atoms. The molecule has 1 amide bonds. The molecule has 1 N–H and O–H groups in total. The van der Waals surface area contributed by atoms with Gasteiger partial charge in [-0.25, -0.2) is 9.37 Å². The Labute approximate surface area is 155 Å². The van der Waals surface area contributed by atoms with Crippen LogP contribution in [0.2, 0.25) is 0 Å². The SMILES string of the molecule is O=C(Nc1nc2c(s1)CN(Cc1ccccc1)CC2)c1ccc(F)cc1. The van der Waals surface area contributed by atoms with Crippen molar-refractivity contribution >= 4 is 22.4 Å². The number of thiazole rings is 1. The third-order valence-electron chi connectivity index (χ3n) is 4.39. The van der Waals surface area contributed by atoms with Gasteiger partial charge in [0.2, 0.25) is 0 Å². The monoisotopic (exact) mass is 367 g/mol. The number of halogens is 1. The zero-order valence-electron chi connectivity index (χ0n) is 14.1. The van der Waals surface area contributed by atoms with Crippen LogP contribution in [0.4, 0.5) is 9.52 Å². The van der Waals surface area contributed by atoms with Crippen LogP contribution in [0, 0.1) is 5.82 Å². The van der Waals surface area contributed by atoms with Crippen LogP contribution in [-0.4, -0.2) is 22.3 Å². The maximum Gasteiger partial charge on any atom is 0.257 e. The Bertz CT molecular complexity index is 909. The topological polar surface area (TPSA) is 45.2 Å². The van der Waals surface area contributed by atoms with Gasteiger partial charge in [0.05, 0.1) is 5.69 Å². The van der Waals surface area contributed by atoms with Crippen molar-refractivity contribution < 1.29 is 9.18 Å². The van der Waals surface area contributed by atoms with Crippen molar-refractivity contribution in [2.24, 2.45) is 0 Å². The molecule has 0 saturated carbocycles. The fourth-order valence-corrected chi connectivity index (χ4v) is 4.09. The van der Waals surface area contributed by atoms with Crippen molar-refractivity contribution in [3.63, 3.8) is 0 Å². The normalized spacial score (nSPS) is 14.0. The quantitative estimate of drug-likeness (QED) is 0.755. The summed E-state index contributed by atoms with van der Waals surface area (Å²) in [6.45, 7) is 2.71. The van der Waals surface area contributed by atoms with Gasteiger partial charge in [-0.2, -0.15) is 0 Å². The van der Waals surface area contributed by atoms with Gasteiger partial charge >= 0.3 is 0 Å². The highest BCUT2D eigenvalue weighted by Gasteiger charge is 2.21. The van der Waals surface area contributed by atoms with Crippen molar-refractivity contribution in [1.82, 2.24) is 9.88 Å². The second-order valence-electron chi connectivity index (χ2n) is 6.30. The van der Waals surface area contributed by atoms with Gasteiger partial charge < -0.3 is 0 Å². The Morgan fingerprint density at radius 3 is 2.69 bits per heavy atom. The molecule has 1 aliphatic rings. The summed E-state index contributed by atoms with van der Waals surface area (Å²) >= 11 is 1.52. The van der Waals surface area contributed by atoms with E-state index in [4.69, 9.17) is 0 Å². The predicted octanol–water partition coefficient (Wildman–Crippen LogP) is 4.09. The number of hydrogen-bond acceptors (Lipinski definition) is 4. The molecule has 3 aromatic rings. The molecule has 0 unspecified atom stereocenters. The van der Waals surface area contributed by atoms with Crippen LogP contribution in [0.5, 0.6) is 0 Å². The lowest BCUT2D eigenvalue weighted by molar-refractivity contribution is 0.102. The maximum absolute atomic E-state index is 13.0. The number of benzene rings is 2. The van der Waals surface area contributed by atoms with E-state index in [0.29, 0.717) is 10.7 Å². The van der Waals surface area contributed by atoms with Gasteiger partial charge in [-0.15, -0.1) is 11.3 Å². The van der Waals surface area contributed by atoms with Gasteiger partial charge in [0.25, 0.3) is 5.91 Å². The first-order chi connectivity index (χ1) is 12.7. The van der Waals surface area contributed by atoms with Crippen molar-refractivity contribution in [3.05, 3.63) is 82.1 Å². The number of fused-ring (bicyclic) bond motifs is 1. The Kier molecular flexibility index (Phi) is 4.77. The van der Waals surface area contributed by atoms with Crippen molar-refractivity contribution in [3.8, 4) is 0 Å². The minimum Gasteiger partial charge on any atom is -0.298 e. The van der Waals surface area contributed by atoms with E-state index in [9.17, 15) is 9.18 Å². The molecule has 0 aliphatic carbocycles. The van der Waals surface area contributed by atoms with Gasteiger partial charge in [-0.05, 0) is 29.8 Å². The largest absolute Gasteiger partial charge is 0.298 e. The molecule has 26 heavy (non-hydrogen) atoms. The molecule has 0 radical (unpaired) electrons. The minimum absolute atomic E-state index is 0.266. The molecular formula is C20H18FN3OS. The van der Waals surface area contributed by atoms with E-state index in [1.54, 1.807) is 0 Å². The lowest BCUT2D eigenvalue weighted by Crippen LogP contribution is -2.29. The molecule has 0 fully saturated rings. The highest BCUT2D eigenvalue weighted by Crippen LogP contribution is 2.29. The van der Waals surface area contributed by atoms with Crippen molar-refractivity contribution in [2.45, 2.75) is 19.5 Å². The molecule has 1 aromatic heterocycles. The summed E-state index contributed by atoms with van der Waals surface area (Å²) in [5.41, 5.74) is 2.78. The Balaban J connectivity index is 1.42. The highest BCUT2D eigenvalue weighted by molar-refractivity contribution is 7.15. The van der Waals surface area contributed by atoms with Gasteiger partial charge in [-0.3, -0.25) is 15.0 Å². The number of aromatic nitrogens is 1. The number of rotatable bonds is 4. The number of carbonyl (C=O) groups is 1. The molecule has 0 atom stereocenters. The molecule has 6 heteroatoms. The third kappa shape index (κ3) is 3.81. The van der Waals surface area contributed by atoms with Crippen LogP contribution in [-0.2, 0) is 19.5 Å². The molecule has 4 nitrogen and oxygen atoms in total. The maximum atomic E-state index is 13.0. The molecule has 4 rings (SSSR count). The number of hydrogen-bond donors (Lipinski definition) is 1. The second-order valence-corrected chi connectivity index (χ2v) is 7.38. The third-order valence-corrected chi connectivity index (χ3v) is 5.38. The minimum atomic E-state index is -0.357. The zero-order chi connectivity index (χ0) is 17.9. The van der Waals surface area contributed by atoms with Crippen LogP contribution in [0.3, 0.4) is 0 Å². The predicted molar refractivity (Wildman–Crippen MR) is 101 cm³/mol. The first-order valence-corrected chi connectivity index (χ1v) is 9.31. The van der Waals surface area contributed by atoms with Crippen LogP contribution >= 0.6 is 11.3 Å². The average molecular weight is 367 g/mol. The standard InChI is InChI=1S/C20H18FN3OS/c21-16-8-6-15(7-9-16)19(25)23-20-22-17-10-11-24(13-18(17)26-20)12-14-4-2-1-3-5-14/h1-9H,10-13H2,(H,22,23,25). The van der Waals surface area contributed by atoms with E-state index in [1.807, 2.05) is 6.07 Å². The first kappa shape index (κ1) is 16.9. The summed E-state index contributed by atoms with van der Waals surface area (Å²) in [6, 6.07) is 15.9. The molecule has 0 saturated heterocycles. The first-order valence-electron chi connectivity index (χ1n) is 8.49. The molecule has 2 heterocycles. The average Bonchev–Trinajstić information content (AvgIpc) is 3.04. The van der Waals surface area contributed by atoms with E-state index < -0.39 is 0 Å². The molecule has 2 aromatic carbocycles. The lowest BCUT2D eigenvalue weighted by Gasteiger charge is -2.25. The Morgan fingerprint density at radius 1 is 1.15 bits per heavy atom. The number of nitrogens with one attached hydrogen (secondary N) is 1. The van der Waals surface area contributed by atoms with E-state index in [2.05, 4.69) is 39.5 Å². The lowest BCUT2D eigenvalue weighted by atomic mass is 10.1. The van der Waals surface area contributed by atoms with Crippen LogP contribution < -0.4 is 5.32 Å². The summed E-state index contributed by atoms with van der Waals surface area (Å²) in [4.78, 5) is 20.4. The second kappa shape index (κ2) is 7.35. The molecule has 132 valence electrons. The summed E-state index contributed by atoms with van der Waals surface area (Å²) in [5.74, 6) is -0.623. The molecule has 1 aliphatic heterocycles. The number of anilines is 1. The summed E-state index contributed by atoms with van der Waals surface area (Å²) in [5, 5.41) is 3.43. The fraction of sp³-hybridized carbons (Fsp3) is 0.200. The summed E-state index contributed by atoms with van der Waals surface area (Å²) < 4.78 is 13.0. The van der Waals surface area contributed by atoms with Gasteiger partial charge in [-0.1, -0.05) is 30.3 Å². The van der Waals surface area contributed by atoms with Crippen LogP contribution in [0.25, 0.3) is 0 Å². The van der Waals surface area contributed by atoms with Crippen molar-refractivity contribution in [1.29, 1.82) is 0 Å².